The second-order valence-electron chi connectivity index (χ2n) is 3.62. The lowest BCUT2D eigenvalue weighted by atomic mass is 10.2. The van der Waals surface area contributed by atoms with Crippen LogP contribution in [0.4, 0.5) is 0 Å². The van der Waals surface area contributed by atoms with Gasteiger partial charge in [0.05, 0.1) is 21.3 Å². The highest BCUT2D eigenvalue weighted by Crippen LogP contribution is 2.40. The molecule has 100 valence electrons. The van der Waals surface area contributed by atoms with Gasteiger partial charge in [-0.15, -0.1) is 0 Å². The quantitative estimate of drug-likeness (QED) is 0.779. The molecular weight excluding hydrogens is 254 g/mol. The summed E-state index contributed by atoms with van der Waals surface area (Å²) in [5.74, 6) is 2.09. The summed E-state index contributed by atoms with van der Waals surface area (Å²) in [6.07, 6.45) is 0. The maximum atomic E-state index is 5.50. The molecule has 0 atom stereocenters. The van der Waals surface area contributed by atoms with Crippen molar-refractivity contribution in [3.8, 4) is 23.0 Å². The molecule has 0 aliphatic rings. The predicted octanol–water partition coefficient (Wildman–Crippen LogP) is 1.94. The second-order valence-corrected chi connectivity index (χ2v) is 3.97. The molecule has 1 aromatic rings. The van der Waals surface area contributed by atoms with Gasteiger partial charge in [0, 0.05) is 26.2 Å². The predicted molar refractivity (Wildman–Crippen MR) is 73.0 cm³/mol. The van der Waals surface area contributed by atoms with E-state index in [1.165, 1.54) is 0 Å². The number of hydrogen-bond donors (Lipinski definition) is 0. The summed E-state index contributed by atoms with van der Waals surface area (Å²) in [6, 6.07) is 3.38. The lowest BCUT2D eigenvalue weighted by Gasteiger charge is -2.17. The molecule has 0 N–H and O–H groups in total. The Balaban J connectivity index is 3.11. The number of nitrogens with zero attached hydrogens (tertiary/aromatic N) is 1. The van der Waals surface area contributed by atoms with Crippen LogP contribution in [0.2, 0.25) is 0 Å². The highest BCUT2D eigenvalue weighted by atomic mass is 32.1. The minimum atomic E-state index is 0.351. The average molecular weight is 271 g/mol. The van der Waals surface area contributed by atoms with Crippen LogP contribution in [0.25, 0.3) is 0 Å². The Kier molecular flexibility index (Phi) is 5.03. The van der Waals surface area contributed by atoms with Crippen LogP contribution < -0.4 is 18.9 Å². The Labute approximate surface area is 112 Å². The fourth-order valence-corrected chi connectivity index (χ4v) is 1.40. The summed E-state index contributed by atoms with van der Waals surface area (Å²) in [5, 5.41) is 0.351. The number of rotatable bonds is 4. The summed E-state index contributed by atoms with van der Waals surface area (Å²) >= 11 is 5.07. The van der Waals surface area contributed by atoms with Crippen LogP contribution in [0.15, 0.2) is 12.1 Å². The fraction of sp³-hybridized carbons (Fsp3) is 0.417. The molecule has 0 aliphatic heterocycles. The number of ether oxygens (including phenoxy) is 4. The van der Waals surface area contributed by atoms with Crippen molar-refractivity contribution in [2.45, 2.75) is 0 Å². The van der Waals surface area contributed by atoms with Gasteiger partial charge in [0.2, 0.25) is 5.75 Å². The maximum absolute atomic E-state index is 5.50. The number of thiocarbonyl (C=S) groups is 1. The molecule has 0 fully saturated rings. The Morgan fingerprint density at radius 1 is 1.00 bits per heavy atom. The van der Waals surface area contributed by atoms with Gasteiger partial charge in [-0.1, -0.05) is 0 Å². The molecule has 0 saturated carbocycles. The smallest absolute Gasteiger partial charge is 0.264 e. The van der Waals surface area contributed by atoms with Crippen molar-refractivity contribution >= 4 is 17.4 Å². The van der Waals surface area contributed by atoms with E-state index in [4.69, 9.17) is 31.2 Å². The van der Waals surface area contributed by atoms with Crippen molar-refractivity contribution in [3.63, 3.8) is 0 Å². The van der Waals surface area contributed by atoms with Crippen molar-refractivity contribution in [3.05, 3.63) is 12.1 Å². The minimum absolute atomic E-state index is 0.351. The van der Waals surface area contributed by atoms with E-state index in [1.807, 2.05) is 0 Å². The summed E-state index contributed by atoms with van der Waals surface area (Å²) in [7, 11) is 8.25. The number of methoxy groups -OCH3 is 3. The van der Waals surface area contributed by atoms with Gasteiger partial charge >= 0.3 is 0 Å². The monoisotopic (exact) mass is 271 g/mol. The van der Waals surface area contributed by atoms with Gasteiger partial charge < -0.3 is 23.8 Å². The molecule has 0 radical (unpaired) electrons. The minimum Gasteiger partial charge on any atom is -0.493 e. The first kappa shape index (κ1) is 14.4. The van der Waals surface area contributed by atoms with E-state index < -0.39 is 0 Å². The molecule has 0 spiro atoms. The summed E-state index contributed by atoms with van der Waals surface area (Å²) in [6.45, 7) is 0. The highest BCUT2D eigenvalue weighted by molar-refractivity contribution is 7.80. The maximum Gasteiger partial charge on any atom is 0.264 e. The van der Waals surface area contributed by atoms with Gasteiger partial charge in [-0.2, -0.15) is 0 Å². The molecule has 6 heteroatoms. The fourth-order valence-electron chi connectivity index (χ4n) is 1.31. The largest absolute Gasteiger partial charge is 0.493 e. The first-order chi connectivity index (χ1) is 8.53. The first-order valence-corrected chi connectivity index (χ1v) is 5.63. The van der Waals surface area contributed by atoms with E-state index in [0.717, 1.165) is 0 Å². The Morgan fingerprint density at radius 3 is 1.83 bits per heavy atom. The molecule has 0 aromatic heterocycles. The molecule has 0 amide bonds. The lowest BCUT2D eigenvalue weighted by Crippen LogP contribution is -2.25. The van der Waals surface area contributed by atoms with Crippen LogP contribution in [0, 0.1) is 0 Å². The van der Waals surface area contributed by atoms with E-state index in [0.29, 0.717) is 28.2 Å². The Bertz CT molecular complexity index is 409. The van der Waals surface area contributed by atoms with Crippen LogP contribution >= 0.6 is 12.2 Å². The standard InChI is InChI=1S/C12H17NO4S/c1-13(2)12(18)17-8-6-9(14-3)11(16-5)10(7-8)15-4/h6-7H,1-5H3. The number of hydrogen-bond acceptors (Lipinski definition) is 5. The highest BCUT2D eigenvalue weighted by Gasteiger charge is 2.15. The van der Waals surface area contributed by atoms with Gasteiger partial charge in [0.1, 0.15) is 5.75 Å². The van der Waals surface area contributed by atoms with Gasteiger partial charge in [-0.05, 0) is 12.2 Å². The van der Waals surface area contributed by atoms with Crippen LogP contribution in [-0.4, -0.2) is 45.5 Å². The molecule has 0 heterocycles. The zero-order chi connectivity index (χ0) is 13.7. The van der Waals surface area contributed by atoms with E-state index >= 15 is 0 Å². The lowest BCUT2D eigenvalue weighted by molar-refractivity contribution is 0.321. The van der Waals surface area contributed by atoms with E-state index in [-0.39, 0.29) is 0 Å². The molecule has 0 unspecified atom stereocenters. The third-order valence-electron chi connectivity index (χ3n) is 2.21. The van der Waals surface area contributed by atoms with Crippen molar-refractivity contribution in [1.82, 2.24) is 4.90 Å². The molecule has 1 aromatic carbocycles. The Morgan fingerprint density at radius 2 is 1.50 bits per heavy atom. The van der Waals surface area contributed by atoms with Crippen molar-refractivity contribution in [1.29, 1.82) is 0 Å². The van der Waals surface area contributed by atoms with E-state index in [1.54, 1.807) is 52.5 Å². The number of benzene rings is 1. The van der Waals surface area contributed by atoms with Crippen LogP contribution in [-0.2, 0) is 0 Å². The van der Waals surface area contributed by atoms with E-state index in [2.05, 4.69) is 0 Å². The summed E-state index contributed by atoms with van der Waals surface area (Å²) < 4.78 is 21.2. The normalized spacial score (nSPS) is 9.61. The third kappa shape index (κ3) is 3.16. The van der Waals surface area contributed by atoms with Crippen LogP contribution in [0.5, 0.6) is 23.0 Å². The molecule has 0 bridgehead atoms. The molecule has 0 aliphatic carbocycles. The third-order valence-corrected chi connectivity index (χ3v) is 2.66. The molecule has 5 nitrogen and oxygen atoms in total. The average Bonchev–Trinajstić information content (AvgIpc) is 2.37. The molecule has 18 heavy (non-hydrogen) atoms. The van der Waals surface area contributed by atoms with E-state index in [9.17, 15) is 0 Å². The van der Waals surface area contributed by atoms with Crippen LogP contribution in [0.3, 0.4) is 0 Å². The molecule has 1 rings (SSSR count). The van der Waals surface area contributed by atoms with Gasteiger partial charge in [-0.25, -0.2) is 0 Å². The second kappa shape index (κ2) is 6.30. The van der Waals surface area contributed by atoms with Crippen molar-refractivity contribution < 1.29 is 18.9 Å². The molecular formula is C12H17NO4S. The van der Waals surface area contributed by atoms with Gasteiger partial charge in [-0.3, -0.25) is 0 Å². The zero-order valence-electron chi connectivity index (χ0n) is 11.1. The SMILES string of the molecule is COc1cc(OC(=S)N(C)C)cc(OC)c1OC. The first-order valence-electron chi connectivity index (χ1n) is 5.22. The van der Waals surface area contributed by atoms with Gasteiger partial charge in [0.15, 0.2) is 11.5 Å². The Hall–Kier alpha value is -1.69. The summed E-state index contributed by atoms with van der Waals surface area (Å²) in [4.78, 5) is 1.69. The zero-order valence-corrected chi connectivity index (χ0v) is 12.0. The van der Waals surface area contributed by atoms with Crippen molar-refractivity contribution in [2.75, 3.05) is 35.4 Å². The van der Waals surface area contributed by atoms with Gasteiger partial charge in [0.25, 0.3) is 5.17 Å². The molecule has 0 saturated heterocycles. The van der Waals surface area contributed by atoms with Crippen molar-refractivity contribution in [2.24, 2.45) is 0 Å². The summed E-state index contributed by atoms with van der Waals surface area (Å²) in [5.41, 5.74) is 0. The van der Waals surface area contributed by atoms with Crippen LogP contribution in [0.1, 0.15) is 0 Å². The topological polar surface area (TPSA) is 40.2 Å².